The molecule has 1 aliphatic rings. The summed E-state index contributed by atoms with van der Waals surface area (Å²) in [6.07, 6.45) is 0. The number of hydrogen-bond acceptors (Lipinski definition) is 4. The van der Waals surface area contributed by atoms with E-state index in [4.69, 9.17) is 17.3 Å². The van der Waals surface area contributed by atoms with E-state index in [0.29, 0.717) is 30.0 Å². The van der Waals surface area contributed by atoms with E-state index in [1.165, 1.54) is 0 Å². The van der Waals surface area contributed by atoms with E-state index in [2.05, 4.69) is 5.10 Å². The zero-order valence-corrected chi connectivity index (χ0v) is 11.8. The first-order valence-corrected chi connectivity index (χ1v) is 7.66. The zero-order chi connectivity index (χ0) is 13.8. The highest BCUT2D eigenvalue weighted by Crippen LogP contribution is 2.46. The normalized spacial score (nSPS) is 15.3. The van der Waals surface area contributed by atoms with Gasteiger partial charge in [0.15, 0.2) is 0 Å². The molecule has 1 aliphatic heterocycles. The van der Waals surface area contributed by atoms with E-state index in [1.54, 1.807) is 29.8 Å². The van der Waals surface area contributed by atoms with Gasteiger partial charge in [-0.15, -0.1) is 0 Å². The molecule has 7 heteroatoms. The van der Waals surface area contributed by atoms with Crippen LogP contribution in [0, 0.1) is 6.92 Å². The van der Waals surface area contributed by atoms with Gasteiger partial charge in [-0.05, 0) is 13.0 Å². The second kappa shape index (κ2) is 4.06. The predicted molar refractivity (Wildman–Crippen MR) is 71.9 cm³/mol. The summed E-state index contributed by atoms with van der Waals surface area (Å²) in [5.41, 5.74) is 7.15. The van der Waals surface area contributed by atoms with Crippen molar-refractivity contribution in [2.45, 2.75) is 23.3 Å². The fourth-order valence-electron chi connectivity index (χ4n) is 2.44. The number of benzene rings is 1. The molecule has 1 aromatic heterocycles. The molecule has 2 N–H and O–H groups in total. The number of nitrogens with zero attached hydrogens (tertiary/aromatic N) is 2. The number of halogens is 1. The number of nitrogens with two attached hydrogens (primary N) is 1. The molecule has 5 nitrogen and oxygen atoms in total. The molecule has 0 aliphatic carbocycles. The minimum atomic E-state index is -3.58. The van der Waals surface area contributed by atoms with E-state index >= 15 is 0 Å². The highest BCUT2D eigenvalue weighted by Gasteiger charge is 2.39. The topological polar surface area (TPSA) is 78.0 Å². The quantitative estimate of drug-likeness (QED) is 0.779. The number of aromatic nitrogens is 2. The van der Waals surface area contributed by atoms with Crippen LogP contribution in [0.25, 0.3) is 11.3 Å². The summed E-state index contributed by atoms with van der Waals surface area (Å²) in [6, 6.07) is 5.03. The first-order chi connectivity index (χ1) is 8.98. The van der Waals surface area contributed by atoms with Gasteiger partial charge in [0, 0.05) is 12.1 Å². The Balaban J connectivity index is 2.38. The molecule has 0 saturated heterocycles. The van der Waals surface area contributed by atoms with E-state index in [-0.39, 0.29) is 14.8 Å². The van der Waals surface area contributed by atoms with Crippen molar-refractivity contribution in [3.05, 3.63) is 28.9 Å². The summed E-state index contributed by atoms with van der Waals surface area (Å²) in [4.78, 5) is 0.418. The number of rotatable bonds is 2. The molecule has 3 rings (SSSR count). The third-order valence-corrected chi connectivity index (χ3v) is 5.68. The van der Waals surface area contributed by atoms with Crippen LogP contribution in [0.15, 0.2) is 28.0 Å². The summed E-state index contributed by atoms with van der Waals surface area (Å²) in [7, 11) is -3.58. The Labute approximate surface area is 115 Å². The van der Waals surface area contributed by atoms with E-state index in [9.17, 15) is 8.42 Å². The average molecular weight is 298 g/mol. The van der Waals surface area contributed by atoms with Gasteiger partial charge in [-0.1, -0.05) is 23.7 Å². The fourth-order valence-corrected chi connectivity index (χ4v) is 4.80. The molecule has 2 aromatic rings. The molecule has 0 radical (unpaired) electrons. The molecule has 0 unspecified atom stereocenters. The van der Waals surface area contributed by atoms with E-state index in [0.717, 1.165) is 0 Å². The molecule has 1 aromatic carbocycles. The van der Waals surface area contributed by atoms with Crippen LogP contribution >= 0.6 is 11.6 Å². The highest BCUT2D eigenvalue weighted by molar-refractivity contribution is 7.92. The monoisotopic (exact) mass is 297 g/mol. The molecular weight excluding hydrogens is 286 g/mol. The van der Waals surface area contributed by atoms with Crippen molar-refractivity contribution in [2.24, 2.45) is 5.73 Å². The third-order valence-electron chi connectivity index (χ3n) is 3.25. The SMILES string of the molecule is Cc1c2c(nn1CCN)-c1cccc(Cl)c1S2(=O)=O. The van der Waals surface area contributed by atoms with Crippen LogP contribution in [0.2, 0.25) is 5.02 Å². The molecule has 19 heavy (non-hydrogen) atoms. The Hall–Kier alpha value is -1.37. The maximum Gasteiger partial charge on any atom is 0.212 e. The molecule has 2 heterocycles. The fraction of sp³-hybridized carbons (Fsp3) is 0.250. The Morgan fingerprint density at radius 2 is 2.11 bits per heavy atom. The van der Waals surface area contributed by atoms with Crippen LogP contribution < -0.4 is 5.73 Å². The predicted octanol–water partition coefficient (Wildman–Crippen LogP) is 1.62. The van der Waals surface area contributed by atoms with Crippen LogP contribution in [-0.4, -0.2) is 24.7 Å². The summed E-state index contributed by atoms with van der Waals surface area (Å²) in [6.45, 7) is 2.63. The molecule has 0 amide bonds. The van der Waals surface area contributed by atoms with Gasteiger partial charge >= 0.3 is 0 Å². The zero-order valence-electron chi connectivity index (χ0n) is 10.2. The van der Waals surface area contributed by atoms with Crippen LogP contribution in [0.4, 0.5) is 0 Å². The summed E-state index contributed by atoms with van der Waals surface area (Å²) in [5.74, 6) is 0. The molecule has 0 saturated carbocycles. The molecule has 0 spiro atoms. The maximum absolute atomic E-state index is 12.6. The number of fused-ring (bicyclic) bond motifs is 3. The van der Waals surface area contributed by atoms with Gasteiger partial charge in [0.1, 0.15) is 10.6 Å². The lowest BCUT2D eigenvalue weighted by Gasteiger charge is -2.06. The Morgan fingerprint density at radius 3 is 2.79 bits per heavy atom. The second-order valence-electron chi connectivity index (χ2n) is 4.39. The lowest BCUT2D eigenvalue weighted by Crippen LogP contribution is -2.13. The largest absolute Gasteiger partial charge is 0.329 e. The van der Waals surface area contributed by atoms with Crippen molar-refractivity contribution in [1.29, 1.82) is 0 Å². The van der Waals surface area contributed by atoms with Crippen molar-refractivity contribution >= 4 is 21.4 Å². The van der Waals surface area contributed by atoms with Crippen molar-refractivity contribution in [3.8, 4) is 11.3 Å². The van der Waals surface area contributed by atoms with Gasteiger partial charge in [-0.25, -0.2) is 8.42 Å². The van der Waals surface area contributed by atoms with Crippen molar-refractivity contribution in [3.63, 3.8) is 0 Å². The average Bonchev–Trinajstić information content (AvgIpc) is 2.77. The van der Waals surface area contributed by atoms with Gasteiger partial charge in [0.2, 0.25) is 9.84 Å². The maximum atomic E-state index is 12.6. The second-order valence-corrected chi connectivity index (χ2v) is 6.63. The van der Waals surface area contributed by atoms with Crippen LogP contribution in [0.1, 0.15) is 5.69 Å². The van der Waals surface area contributed by atoms with Crippen molar-refractivity contribution < 1.29 is 8.42 Å². The van der Waals surface area contributed by atoms with Crippen molar-refractivity contribution in [1.82, 2.24) is 9.78 Å². The lowest BCUT2D eigenvalue weighted by molar-refractivity contribution is 0.589. The van der Waals surface area contributed by atoms with Gasteiger partial charge in [-0.3, -0.25) is 4.68 Å². The number of hydrogen-bond donors (Lipinski definition) is 1. The molecular formula is C12H12ClN3O2S. The van der Waals surface area contributed by atoms with Crippen LogP contribution in [-0.2, 0) is 16.4 Å². The van der Waals surface area contributed by atoms with Gasteiger partial charge in [-0.2, -0.15) is 5.10 Å². The van der Waals surface area contributed by atoms with Gasteiger partial charge < -0.3 is 5.73 Å². The van der Waals surface area contributed by atoms with Gasteiger partial charge in [0.05, 0.1) is 22.2 Å². The Kier molecular flexibility index (Phi) is 2.70. The third kappa shape index (κ3) is 1.57. The van der Waals surface area contributed by atoms with Crippen LogP contribution in [0.3, 0.4) is 0 Å². The van der Waals surface area contributed by atoms with Gasteiger partial charge in [0.25, 0.3) is 0 Å². The Morgan fingerprint density at radius 1 is 1.37 bits per heavy atom. The summed E-state index contributed by atoms with van der Waals surface area (Å²) >= 11 is 6.02. The van der Waals surface area contributed by atoms with E-state index in [1.807, 2.05) is 0 Å². The molecule has 0 atom stereocenters. The molecule has 0 bridgehead atoms. The Bertz CT molecular complexity index is 781. The van der Waals surface area contributed by atoms with Crippen molar-refractivity contribution in [2.75, 3.05) is 6.54 Å². The molecule has 0 fully saturated rings. The van der Waals surface area contributed by atoms with Crippen LogP contribution in [0.5, 0.6) is 0 Å². The first-order valence-electron chi connectivity index (χ1n) is 5.80. The first kappa shape index (κ1) is 12.7. The standard InChI is InChI=1S/C12H12ClN3O2S/c1-7-11-10(15-16(7)6-5-14)8-3-2-4-9(13)12(8)19(11,17)18/h2-4H,5-6,14H2,1H3. The minimum absolute atomic E-state index is 0.164. The van der Waals surface area contributed by atoms with E-state index < -0.39 is 9.84 Å². The lowest BCUT2D eigenvalue weighted by atomic mass is 10.1. The summed E-state index contributed by atoms with van der Waals surface area (Å²) in [5, 5.41) is 4.59. The molecule has 100 valence electrons. The number of sulfone groups is 1. The minimum Gasteiger partial charge on any atom is -0.329 e. The summed E-state index contributed by atoms with van der Waals surface area (Å²) < 4.78 is 26.8. The highest BCUT2D eigenvalue weighted by atomic mass is 35.5. The smallest absolute Gasteiger partial charge is 0.212 e.